The van der Waals surface area contributed by atoms with Crippen LogP contribution in [0.15, 0.2) is 56.8 Å². The number of nitrogens with zero attached hydrogens (tertiary/aromatic N) is 2. The van der Waals surface area contributed by atoms with Crippen LogP contribution in [0, 0.1) is 0 Å². The van der Waals surface area contributed by atoms with Crippen LogP contribution < -0.4 is 11.2 Å². The molecule has 3 aromatic rings. The van der Waals surface area contributed by atoms with Gasteiger partial charge in [0, 0.05) is 10.0 Å². The minimum atomic E-state index is -0.635. The molecule has 0 aliphatic rings. The normalized spacial score (nSPS) is 11.2. The van der Waals surface area contributed by atoms with Crippen LogP contribution >= 0.6 is 23.2 Å². The summed E-state index contributed by atoms with van der Waals surface area (Å²) in [5.74, 6) is -1.10. The van der Waals surface area contributed by atoms with Gasteiger partial charge in [0.25, 0.3) is 5.91 Å². The van der Waals surface area contributed by atoms with Crippen LogP contribution in [0.1, 0.15) is 5.56 Å². The van der Waals surface area contributed by atoms with Crippen molar-refractivity contribution in [2.75, 3.05) is 0 Å². The van der Waals surface area contributed by atoms with Crippen molar-refractivity contribution in [3.8, 4) is 0 Å². The summed E-state index contributed by atoms with van der Waals surface area (Å²) in [6.45, 7) is -0.232. The van der Waals surface area contributed by atoms with Gasteiger partial charge in [-0.25, -0.2) is 10.2 Å². The summed E-state index contributed by atoms with van der Waals surface area (Å²) in [4.78, 5) is 23.8. The molecule has 1 heterocycles. The van der Waals surface area contributed by atoms with E-state index in [0.717, 1.165) is 5.56 Å². The molecule has 0 bridgehead atoms. The highest BCUT2D eigenvalue weighted by Gasteiger charge is 2.12. The number of aromatic nitrogens is 1. The summed E-state index contributed by atoms with van der Waals surface area (Å²) in [6, 6.07) is 11.7. The lowest BCUT2D eigenvalue weighted by molar-refractivity contribution is -0.121. The predicted octanol–water partition coefficient (Wildman–Crippen LogP) is 3.05. The van der Waals surface area contributed by atoms with Crippen LogP contribution in [-0.2, 0) is 11.3 Å². The van der Waals surface area contributed by atoms with Gasteiger partial charge in [0.15, 0.2) is 5.58 Å². The molecule has 3 rings (SSSR count). The highest BCUT2D eigenvalue weighted by Crippen LogP contribution is 2.18. The Morgan fingerprint density at radius 1 is 1.17 bits per heavy atom. The molecular formula is C16H11Cl2N3O3. The second kappa shape index (κ2) is 6.90. The number of carbonyl (C=O) groups is 1. The van der Waals surface area contributed by atoms with Gasteiger partial charge in [0.2, 0.25) is 0 Å². The van der Waals surface area contributed by atoms with E-state index in [-0.39, 0.29) is 6.54 Å². The van der Waals surface area contributed by atoms with E-state index in [0.29, 0.717) is 21.1 Å². The number of nitrogens with one attached hydrogen (secondary N) is 1. The standard InChI is InChI=1S/C16H11Cl2N3O3/c17-11-3-1-10(2-4-11)8-19-20-15(22)9-21-13-7-12(18)5-6-14(13)24-16(21)23/h1-8H,9H2,(H,20,22)/b19-8+. The van der Waals surface area contributed by atoms with Gasteiger partial charge in [-0.15, -0.1) is 0 Å². The van der Waals surface area contributed by atoms with Gasteiger partial charge in [-0.3, -0.25) is 9.36 Å². The van der Waals surface area contributed by atoms with Gasteiger partial charge in [0.1, 0.15) is 6.54 Å². The van der Waals surface area contributed by atoms with Crippen LogP contribution in [0.25, 0.3) is 11.1 Å². The summed E-state index contributed by atoms with van der Waals surface area (Å²) in [6.07, 6.45) is 1.47. The Kier molecular flexibility index (Phi) is 4.69. The summed E-state index contributed by atoms with van der Waals surface area (Å²) in [7, 11) is 0. The molecule has 24 heavy (non-hydrogen) atoms. The van der Waals surface area contributed by atoms with Crippen LogP contribution in [-0.4, -0.2) is 16.7 Å². The summed E-state index contributed by atoms with van der Waals surface area (Å²) < 4.78 is 6.25. The minimum Gasteiger partial charge on any atom is -0.408 e. The van der Waals surface area contributed by atoms with E-state index < -0.39 is 11.7 Å². The first kappa shape index (κ1) is 16.3. The number of hydrogen-bond donors (Lipinski definition) is 1. The number of amides is 1. The zero-order chi connectivity index (χ0) is 17.1. The summed E-state index contributed by atoms with van der Waals surface area (Å²) >= 11 is 11.7. The second-order valence-electron chi connectivity index (χ2n) is 4.91. The van der Waals surface area contributed by atoms with Crippen LogP contribution in [0.5, 0.6) is 0 Å². The third-order valence-corrected chi connectivity index (χ3v) is 3.69. The third kappa shape index (κ3) is 3.67. The molecule has 0 fully saturated rings. The molecule has 0 unspecified atom stereocenters. The Balaban J connectivity index is 1.71. The third-order valence-electron chi connectivity index (χ3n) is 3.20. The topological polar surface area (TPSA) is 76.6 Å². The summed E-state index contributed by atoms with van der Waals surface area (Å²) in [5.41, 5.74) is 3.94. The highest BCUT2D eigenvalue weighted by atomic mass is 35.5. The molecule has 0 radical (unpaired) electrons. The molecule has 0 saturated heterocycles. The zero-order valence-electron chi connectivity index (χ0n) is 12.2. The molecule has 1 N–H and O–H groups in total. The smallest absolute Gasteiger partial charge is 0.408 e. The first-order valence-electron chi connectivity index (χ1n) is 6.89. The van der Waals surface area contributed by atoms with E-state index in [4.69, 9.17) is 27.6 Å². The van der Waals surface area contributed by atoms with Crippen LogP contribution in [0.3, 0.4) is 0 Å². The molecule has 1 aromatic heterocycles. The maximum Gasteiger partial charge on any atom is 0.420 e. The molecule has 0 aliphatic carbocycles. The van der Waals surface area contributed by atoms with E-state index in [1.54, 1.807) is 42.5 Å². The first-order chi connectivity index (χ1) is 11.5. The number of carbonyl (C=O) groups excluding carboxylic acids is 1. The highest BCUT2D eigenvalue weighted by molar-refractivity contribution is 6.31. The van der Waals surface area contributed by atoms with Crippen LogP contribution in [0.4, 0.5) is 0 Å². The van der Waals surface area contributed by atoms with E-state index in [9.17, 15) is 9.59 Å². The average molecular weight is 364 g/mol. The molecule has 8 heteroatoms. The Bertz CT molecular complexity index is 974. The fourth-order valence-corrected chi connectivity index (χ4v) is 2.38. The Morgan fingerprint density at radius 2 is 1.88 bits per heavy atom. The lowest BCUT2D eigenvalue weighted by atomic mass is 10.2. The number of rotatable bonds is 4. The van der Waals surface area contributed by atoms with Gasteiger partial charge in [-0.05, 0) is 35.9 Å². The van der Waals surface area contributed by atoms with Gasteiger partial charge in [-0.1, -0.05) is 35.3 Å². The first-order valence-corrected chi connectivity index (χ1v) is 7.65. The molecule has 0 atom stereocenters. The number of fused-ring (bicyclic) bond motifs is 1. The van der Waals surface area contributed by atoms with Crippen molar-refractivity contribution in [2.45, 2.75) is 6.54 Å². The van der Waals surface area contributed by atoms with Crippen molar-refractivity contribution < 1.29 is 9.21 Å². The molecule has 0 aliphatic heterocycles. The number of hydrogen-bond acceptors (Lipinski definition) is 4. The number of halogens is 2. The largest absolute Gasteiger partial charge is 0.420 e. The maximum atomic E-state index is 12.0. The molecule has 122 valence electrons. The van der Waals surface area contributed by atoms with Gasteiger partial charge >= 0.3 is 5.76 Å². The number of benzene rings is 2. The average Bonchev–Trinajstić information content (AvgIpc) is 2.85. The zero-order valence-corrected chi connectivity index (χ0v) is 13.7. The Hall–Kier alpha value is -2.57. The van der Waals surface area contributed by atoms with Crippen molar-refractivity contribution in [1.82, 2.24) is 9.99 Å². The van der Waals surface area contributed by atoms with E-state index >= 15 is 0 Å². The minimum absolute atomic E-state index is 0.232. The SMILES string of the molecule is O=C(Cn1c(=O)oc2ccc(Cl)cc21)N/N=C/c1ccc(Cl)cc1. The maximum absolute atomic E-state index is 12.0. The predicted molar refractivity (Wildman–Crippen MR) is 92.7 cm³/mol. The van der Waals surface area contributed by atoms with Crippen molar-refractivity contribution in [2.24, 2.45) is 5.10 Å². The lowest BCUT2D eigenvalue weighted by Gasteiger charge is -2.01. The molecule has 2 aromatic carbocycles. The van der Waals surface area contributed by atoms with Crippen molar-refractivity contribution >= 4 is 46.4 Å². The molecule has 6 nitrogen and oxygen atoms in total. The molecule has 0 saturated carbocycles. The molecule has 1 amide bonds. The van der Waals surface area contributed by atoms with Crippen LogP contribution in [0.2, 0.25) is 10.0 Å². The van der Waals surface area contributed by atoms with Crippen molar-refractivity contribution in [1.29, 1.82) is 0 Å². The lowest BCUT2D eigenvalue weighted by Crippen LogP contribution is -2.27. The Labute approximate surface area is 146 Å². The van der Waals surface area contributed by atoms with E-state index in [1.807, 2.05) is 0 Å². The fourth-order valence-electron chi connectivity index (χ4n) is 2.09. The van der Waals surface area contributed by atoms with E-state index in [1.165, 1.54) is 10.8 Å². The number of hydrazone groups is 1. The second-order valence-corrected chi connectivity index (χ2v) is 5.78. The fraction of sp³-hybridized carbons (Fsp3) is 0.0625. The monoisotopic (exact) mass is 363 g/mol. The molecular weight excluding hydrogens is 353 g/mol. The van der Waals surface area contributed by atoms with Gasteiger partial charge < -0.3 is 4.42 Å². The Morgan fingerprint density at radius 3 is 2.62 bits per heavy atom. The quantitative estimate of drug-likeness (QED) is 0.571. The molecule has 0 spiro atoms. The van der Waals surface area contributed by atoms with E-state index in [2.05, 4.69) is 10.5 Å². The number of oxazole rings is 1. The van der Waals surface area contributed by atoms with Crippen molar-refractivity contribution in [3.63, 3.8) is 0 Å². The van der Waals surface area contributed by atoms with Gasteiger partial charge in [-0.2, -0.15) is 5.10 Å². The van der Waals surface area contributed by atoms with Crippen molar-refractivity contribution in [3.05, 3.63) is 68.6 Å². The summed E-state index contributed by atoms with van der Waals surface area (Å²) in [5, 5.41) is 4.89. The van der Waals surface area contributed by atoms with Gasteiger partial charge in [0.05, 0.1) is 11.7 Å².